The SMILES string of the molecule is c1ccc(-c2nc(-c3ccccc3)nc(-c3cc(-c4ccc(-n5c6ccccc6c6c7sc8ccccc8c7ccc65)c(-c5nc(-c6ccccc6)nc(-c6ccccc6)n5)c4)ccc3-n3c4ccccc4c4c5sc6ccccc6c5ccc43)n2)cc1. The number of nitrogens with zero attached hydrogens (tertiary/aromatic N) is 8. The molecule has 0 aliphatic heterocycles. The molecule has 0 fully saturated rings. The molecule has 12 aromatic carbocycles. The number of thiophene rings is 2. The second-order valence-corrected chi connectivity index (χ2v) is 24.2. The van der Waals surface area contributed by atoms with Crippen LogP contribution in [0.5, 0.6) is 0 Å². The predicted octanol–water partition coefficient (Wildman–Crippen LogP) is 20.7. The first-order valence-corrected chi connectivity index (χ1v) is 31.0. The molecule has 410 valence electrons. The normalized spacial score (nSPS) is 11.9. The van der Waals surface area contributed by atoms with E-state index in [2.05, 4.69) is 215 Å². The van der Waals surface area contributed by atoms with Crippen molar-refractivity contribution < 1.29 is 0 Å². The summed E-state index contributed by atoms with van der Waals surface area (Å²) in [6, 6.07) is 98.5. The summed E-state index contributed by atoms with van der Waals surface area (Å²) >= 11 is 3.71. The molecule has 0 radical (unpaired) electrons. The molecule has 0 saturated heterocycles. The summed E-state index contributed by atoms with van der Waals surface area (Å²) in [5.41, 5.74) is 13.4. The predicted molar refractivity (Wildman–Crippen MR) is 366 cm³/mol. The number of hydrogen-bond acceptors (Lipinski definition) is 8. The molecule has 0 aliphatic rings. The minimum Gasteiger partial charge on any atom is -0.308 e. The van der Waals surface area contributed by atoms with Gasteiger partial charge in [0.1, 0.15) is 0 Å². The van der Waals surface area contributed by atoms with Gasteiger partial charge < -0.3 is 9.13 Å². The summed E-state index contributed by atoms with van der Waals surface area (Å²) in [6.07, 6.45) is 0. The maximum absolute atomic E-state index is 5.46. The Morgan fingerprint density at radius 1 is 0.227 bits per heavy atom. The van der Waals surface area contributed by atoms with Crippen LogP contribution in [0, 0.1) is 0 Å². The number of hydrogen-bond donors (Lipinski definition) is 0. The van der Waals surface area contributed by atoms with Crippen molar-refractivity contribution in [2.75, 3.05) is 0 Å². The zero-order valence-electron chi connectivity index (χ0n) is 47.0. The summed E-state index contributed by atoms with van der Waals surface area (Å²) < 4.78 is 9.87. The van der Waals surface area contributed by atoms with Gasteiger partial charge in [-0.1, -0.05) is 218 Å². The van der Waals surface area contributed by atoms with Crippen LogP contribution in [0.15, 0.2) is 279 Å². The fourth-order valence-electron chi connectivity index (χ4n) is 13.0. The van der Waals surface area contributed by atoms with Gasteiger partial charge in [-0.15, -0.1) is 22.7 Å². The van der Waals surface area contributed by atoms with Gasteiger partial charge in [0.15, 0.2) is 34.9 Å². The van der Waals surface area contributed by atoms with E-state index >= 15 is 0 Å². The second kappa shape index (κ2) is 20.2. The van der Waals surface area contributed by atoms with E-state index < -0.39 is 0 Å². The largest absolute Gasteiger partial charge is 0.308 e. The summed E-state index contributed by atoms with van der Waals surface area (Å²) in [4.78, 5) is 32.2. The molecule has 18 rings (SSSR count). The van der Waals surface area contributed by atoms with Crippen LogP contribution in [0.3, 0.4) is 0 Å². The van der Waals surface area contributed by atoms with E-state index in [4.69, 9.17) is 29.9 Å². The van der Waals surface area contributed by atoms with Gasteiger partial charge >= 0.3 is 0 Å². The summed E-state index contributed by atoms with van der Waals surface area (Å²) in [5, 5.41) is 9.82. The highest BCUT2D eigenvalue weighted by Gasteiger charge is 2.26. The van der Waals surface area contributed by atoms with Gasteiger partial charge in [-0.05, 0) is 71.8 Å². The maximum atomic E-state index is 5.46. The standard InChI is InChI=1S/C78H46N8S2/c1-5-21-47(22-6-1)73-79-74(48-23-7-2-8-24-48)82-77(81-73)59-45-51(37-41-63(59)85-61-33-17-13-31-57(61)69-65(85)43-39-55-53-29-15-19-35-67(53)87-71(55)69)52-38-42-64(60(46-52)78-83-75(49-25-9-3-10-26-49)80-76(84-78)50-27-11-4-12-28-50)86-62-34-18-14-32-58(62)70-66(86)44-40-56-54-30-16-20-36-68(54)88-72(56)70/h1-46H. The first kappa shape index (κ1) is 50.1. The molecule has 8 nitrogen and oxygen atoms in total. The van der Waals surface area contributed by atoms with Crippen LogP contribution in [0.1, 0.15) is 0 Å². The van der Waals surface area contributed by atoms with Gasteiger partial charge in [0.05, 0.1) is 33.4 Å². The molecule has 6 heterocycles. The Balaban J connectivity index is 0.925. The lowest BCUT2D eigenvalue weighted by atomic mass is 9.97. The van der Waals surface area contributed by atoms with Crippen LogP contribution in [0.4, 0.5) is 0 Å². The van der Waals surface area contributed by atoms with Crippen molar-refractivity contribution in [3.05, 3.63) is 279 Å². The Kier molecular flexibility index (Phi) is 11.5. The Hall–Kier alpha value is -11.3. The first-order chi connectivity index (χ1) is 43.6. The Bertz CT molecular complexity index is 5340. The zero-order valence-corrected chi connectivity index (χ0v) is 48.6. The molecule has 0 N–H and O–H groups in total. The Labute approximate surface area is 512 Å². The van der Waals surface area contributed by atoms with Crippen molar-refractivity contribution in [2.45, 2.75) is 0 Å². The molecular weight excluding hydrogens is 1110 g/mol. The average molecular weight is 1160 g/mol. The van der Waals surface area contributed by atoms with Crippen LogP contribution in [-0.2, 0) is 0 Å². The van der Waals surface area contributed by atoms with Crippen molar-refractivity contribution in [1.29, 1.82) is 0 Å². The minimum atomic E-state index is 0.547. The highest BCUT2D eigenvalue weighted by atomic mass is 32.1. The smallest absolute Gasteiger partial charge is 0.166 e. The maximum Gasteiger partial charge on any atom is 0.166 e. The number of para-hydroxylation sites is 2. The molecule has 0 atom stereocenters. The topological polar surface area (TPSA) is 87.2 Å². The third-order valence-electron chi connectivity index (χ3n) is 17.0. The van der Waals surface area contributed by atoms with E-state index in [0.717, 1.165) is 77.9 Å². The molecule has 10 heteroatoms. The third kappa shape index (κ3) is 8.04. The number of aromatic nitrogens is 8. The lowest BCUT2D eigenvalue weighted by Crippen LogP contribution is -2.05. The van der Waals surface area contributed by atoms with Crippen molar-refractivity contribution >= 4 is 107 Å². The van der Waals surface area contributed by atoms with E-state index in [1.807, 2.05) is 95.5 Å². The van der Waals surface area contributed by atoms with Gasteiger partial charge in [-0.25, -0.2) is 29.9 Å². The van der Waals surface area contributed by atoms with Crippen LogP contribution >= 0.6 is 22.7 Å². The summed E-state index contributed by atoms with van der Waals surface area (Å²) in [5.74, 6) is 3.42. The van der Waals surface area contributed by atoms with Gasteiger partial charge in [-0.3, -0.25) is 0 Å². The van der Waals surface area contributed by atoms with Crippen LogP contribution < -0.4 is 0 Å². The quantitative estimate of drug-likeness (QED) is 0.143. The van der Waals surface area contributed by atoms with Gasteiger partial charge in [0.25, 0.3) is 0 Å². The fraction of sp³-hybridized carbons (Fsp3) is 0. The van der Waals surface area contributed by atoms with Crippen molar-refractivity contribution in [1.82, 2.24) is 39.0 Å². The van der Waals surface area contributed by atoms with Crippen molar-refractivity contribution in [3.63, 3.8) is 0 Å². The van der Waals surface area contributed by atoms with Crippen molar-refractivity contribution in [3.8, 4) is 90.8 Å². The fourth-order valence-corrected chi connectivity index (χ4v) is 15.5. The van der Waals surface area contributed by atoms with Crippen LogP contribution in [0.2, 0.25) is 0 Å². The zero-order chi connectivity index (χ0) is 57.8. The molecule has 0 amide bonds. The third-order valence-corrected chi connectivity index (χ3v) is 19.5. The second-order valence-electron chi connectivity index (χ2n) is 22.1. The molecule has 0 aliphatic carbocycles. The number of rotatable bonds is 9. The van der Waals surface area contributed by atoms with E-state index in [0.29, 0.717) is 34.9 Å². The summed E-state index contributed by atoms with van der Waals surface area (Å²) in [6.45, 7) is 0. The van der Waals surface area contributed by atoms with Gasteiger partial charge in [0, 0.05) is 95.3 Å². The molecule has 18 aromatic rings. The highest BCUT2D eigenvalue weighted by Crippen LogP contribution is 2.48. The molecular formula is C78H46N8S2. The number of fused-ring (bicyclic) bond motifs is 14. The lowest BCUT2D eigenvalue weighted by molar-refractivity contribution is 1.06. The molecule has 6 aromatic heterocycles. The van der Waals surface area contributed by atoms with E-state index in [1.54, 1.807) is 0 Å². The molecule has 88 heavy (non-hydrogen) atoms. The van der Waals surface area contributed by atoms with Crippen LogP contribution in [0.25, 0.3) is 175 Å². The van der Waals surface area contributed by atoms with E-state index in [1.165, 1.54) is 61.9 Å². The van der Waals surface area contributed by atoms with Gasteiger partial charge in [0.2, 0.25) is 0 Å². The van der Waals surface area contributed by atoms with Crippen molar-refractivity contribution in [2.24, 2.45) is 0 Å². The first-order valence-electron chi connectivity index (χ1n) is 29.3. The lowest BCUT2D eigenvalue weighted by Gasteiger charge is -2.18. The highest BCUT2D eigenvalue weighted by molar-refractivity contribution is 7.27. The molecule has 0 spiro atoms. The van der Waals surface area contributed by atoms with Crippen LogP contribution in [-0.4, -0.2) is 39.0 Å². The molecule has 0 unspecified atom stereocenters. The minimum absolute atomic E-state index is 0.547. The molecule has 0 saturated carbocycles. The van der Waals surface area contributed by atoms with Gasteiger partial charge in [-0.2, -0.15) is 0 Å². The molecule has 0 bridgehead atoms. The summed E-state index contributed by atoms with van der Waals surface area (Å²) in [7, 11) is 0. The average Bonchev–Trinajstić information content (AvgIpc) is 1.86. The van der Waals surface area contributed by atoms with E-state index in [-0.39, 0.29) is 0 Å². The monoisotopic (exact) mass is 1160 g/mol. The van der Waals surface area contributed by atoms with E-state index in [9.17, 15) is 0 Å². The number of benzene rings is 12. The Morgan fingerprint density at radius 3 is 0.920 bits per heavy atom. The Morgan fingerprint density at radius 2 is 0.545 bits per heavy atom.